The van der Waals surface area contributed by atoms with E-state index in [1.807, 2.05) is 66.9 Å². The predicted molar refractivity (Wildman–Crippen MR) is 196 cm³/mol. The van der Waals surface area contributed by atoms with Crippen LogP contribution in [0.2, 0.25) is 0 Å². The van der Waals surface area contributed by atoms with Gasteiger partial charge in [-0.1, -0.05) is 74.5 Å². The molecule has 2 fully saturated rings. The summed E-state index contributed by atoms with van der Waals surface area (Å²) in [4.78, 5) is 19.6. The second-order valence-electron chi connectivity index (χ2n) is 14.4. The third-order valence-corrected chi connectivity index (χ3v) is 10.6. The van der Waals surface area contributed by atoms with Crippen molar-refractivity contribution < 1.29 is 0 Å². The van der Waals surface area contributed by atoms with Crippen molar-refractivity contribution >= 4 is 0 Å². The molecule has 0 spiro atoms. The molecule has 4 aromatic carbocycles. The molecule has 2 aliphatic carbocycles. The molecule has 0 aliphatic heterocycles. The zero-order chi connectivity index (χ0) is 33.4. The Morgan fingerprint density at radius 1 is 0.571 bits per heavy atom. The van der Waals surface area contributed by atoms with E-state index in [2.05, 4.69) is 62.4 Å². The van der Waals surface area contributed by atoms with Crippen LogP contribution in [0, 0.1) is 29.1 Å². The highest BCUT2D eigenvalue weighted by molar-refractivity contribution is 5.79. The van der Waals surface area contributed by atoms with Gasteiger partial charge in [-0.25, -0.2) is 15.0 Å². The van der Waals surface area contributed by atoms with Gasteiger partial charge in [0, 0.05) is 28.5 Å². The Kier molecular flexibility index (Phi) is 8.09. The number of aromatic nitrogens is 4. The van der Waals surface area contributed by atoms with Crippen LogP contribution in [0.4, 0.5) is 0 Å². The van der Waals surface area contributed by atoms with E-state index in [0.717, 1.165) is 56.8 Å². The molecule has 5 heteroatoms. The minimum atomic E-state index is 0.292. The molecular weight excluding hydrogens is 599 g/mol. The first-order chi connectivity index (χ1) is 23.9. The minimum absolute atomic E-state index is 0.292. The fourth-order valence-electron chi connectivity index (χ4n) is 8.72. The van der Waals surface area contributed by atoms with Gasteiger partial charge in [0.05, 0.1) is 17.3 Å². The van der Waals surface area contributed by atoms with E-state index in [9.17, 15) is 5.26 Å². The molecule has 2 saturated carbocycles. The molecule has 8 rings (SSSR count). The lowest BCUT2D eigenvalue weighted by molar-refractivity contribution is 0.0780. The van der Waals surface area contributed by atoms with Gasteiger partial charge in [-0.3, -0.25) is 4.98 Å². The Morgan fingerprint density at radius 2 is 1.14 bits per heavy atom. The van der Waals surface area contributed by atoms with Gasteiger partial charge < -0.3 is 0 Å². The maximum Gasteiger partial charge on any atom is 0.164 e. The van der Waals surface area contributed by atoms with E-state index in [1.54, 1.807) is 12.1 Å². The molecule has 2 aliphatic rings. The van der Waals surface area contributed by atoms with Gasteiger partial charge in [0.25, 0.3) is 0 Å². The van der Waals surface area contributed by atoms with Crippen molar-refractivity contribution in [3.63, 3.8) is 0 Å². The van der Waals surface area contributed by atoms with Crippen molar-refractivity contribution in [3.8, 4) is 62.6 Å². The molecule has 0 N–H and O–H groups in total. The van der Waals surface area contributed by atoms with Gasteiger partial charge in [-0.15, -0.1) is 0 Å². The molecule has 4 atom stereocenters. The van der Waals surface area contributed by atoms with Crippen LogP contribution in [0.25, 0.3) is 56.5 Å². The van der Waals surface area contributed by atoms with Gasteiger partial charge in [0.2, 0.25) is 0 Å². The fraction of sp³-hybridized carbons (Fsp3) is 0.250. The molecule has 49 heavy (non-hydrogen) atoms. The van der Waals surface area contributed by atoms with E-state index in [0.29, 0.717) is 28.5 Å². The number of nitriles is 1. The van der Waals surface area contributed by atoms with Crippen LogP contribution in [-0.2, 0) is 5.41 Å². The zero-order valence-electron chi connectivity index (χ0n) is 28.1. The molecule has 2 heterocycles. The van der Waals surface area contributed by atoms with E-state index >= 15 is 0 Å². The van der Waals surface area contributed by atoms with Crippen LogP contribution in [0.5, 0.6) is 0 Å². The standard InChI is InChI=1S/C44H39N5/c1-29-20-32-21-30(2)26-44(25-29,27-32)39-17-15-33(16-18-39)36-22-37(40-10-6-7-19-46-40)24-38(23-36)43-48-41(34-8-4-3-5-9-34)47-42(49-43)35-13-11-31(28-45)12-14-35/h3-19,22-24,29-30,32H,20-21,25-27H2,1-2H3/t29-,30+,32?,44?. The molecule has 0 saturated heterocycles. The molecule has 6 aromatic rings. The molecule has 0 radical (unpaired) electrons. The summed E-state index contributed by atoms with van der Waals surface area (Å²) in [5.41, 5.74) is 9.16. The number of fused-ring (bicyclic) bond motifs is 2. The van der Waals surface area contributed by atoms with Crippen LogP contribution < -0.4 is 0 Å². The number of hydrogen-bond donors (Lipinski definition) is 0. The molecule has 2 unspecified atom stereocenters. The Bertz CT molecular complexity index is 2110. The van der Waals surface area contributed by atoms with Crippen LogP contribution in [0.1, 0.15) is 57.1 Å². The monoisotopic (exact) mass is 637 g/mol. The number of rotatable bonds is 6. The summed E-state index contributed by atoms with van der Waals surface area (Å²) in [5, 5.41) is 9.37. The number of benzene rings is 4. The zero-order valence-corrected chi connectivity index (χ0v) is 28.1. The summed E-state index contributed by atoms with van der Waals surface area (Å²) < 4.78 is 0. The van der Waals surface area contributed by atoms with Crippen LogP contribution in [0.15, 0.2) is 121 Å². The molecular formula is C44H39N5. The van der Waals surface area contributed by atoms with E-state index in [4.69, 9.17) is 19.9 Å². The van der Waals surface area contributed by atoms with Crippen molar-refractivity contribution in [2.45, 2.75) is 51.4 Å². The van der Waals surface area contributed by atoms with Crippen LogP contribution >= 0.6 is 0 Å². The number of hydrogen-bond acceptors (Lipinski definition) is 5. The maximum atomic E-state index is 9.37. The second kappa shape index (κ2) is 12.9. The van der Waals surface area contributed by atoms with Gasteiger partial charge in [0.15, 0.2) is 17.5 Å². The lowest BCUT2D eigenvalue weighted by atomic mass is 9.54. The first-order valence-corrected chi connectivity index (χ1v) is 17.4. The summed E-state index contributed by atoms with van der Waals surface area (Å²) >= 11 is 0. The minimum Gasteiger partial charge on any atom is -0.256 e. The average Bonchev–Trinajstić information content (AvgIpc) is 3.14. The summed E-state index contributed by atoms with van der Waals surface area (Å²) in [6.45, 7) is 4.90. The third-order valence-electron chi connectivity index (χ3n) is 10.6. The van der Waals surface area contributed by atoms with Gasteiger partial charge in [-0.05, 0) is 127 Å². The van der Waals surface area contributed by atoms with Crippen molar-refractivity contribution in [1.82, 2.24) is 19.9 Å². The summed E-state index contributed by atoms with van der Waals surface area (Å²) in [6.07, 6.45) is 8.49. The average molecular weight is 638 g/mol. The number of pyridine rings is 1. The van der Waals surface area contributed by atoms with E-state index in [-0.39, 0.29) is 0 Å². The first-order valence-electron chi connectivity index (χ1n) is 17.4. The van der Waals surface area contributed by atoms with Crippen molar-refractivity contribution in [3.05, 3.63) is 133 Å². The Balaban J connectivity index is 1.25. The van der Waals surface area contributed by atoms with Gasteiger partial charge >= 0.3 is 0 Å². The molecule has 0 amide bonds. The predicted octanol–water partition coefficient (Wildman–Crippen LogP) is 10.6. The van der Waals surface area contributed by atoms with Gasteiger partial charge in [-0.2, -0.15) is 5.26 Å². The Labute approximate surface area is 288 Å². The van der Waals surface area contributed by atoms with Gasteiger partial charge in [0.1, 0.15) is 0 Å². The van der Waals surface area contributed by atoms with Crippen LogP contribution in [-0.4, -0.2) is 19.9 Å². The summed E-state index contributed by atoms with van der Waals surface area (Å²) in [6, 6.07) is 41.5. The van der Waals surface area contributed by atoms with E-state index in [1.165, 1.54) is 37.7 Å². The highest BCUT2D eigenvalue weighted by atomic mass is 15.0. The lowest BCUT2D eigenvalue weighted by Gasteiger charge is -2.50. The SMILES string of the molecule is C[C@@H]1CC2C[C@H](C)CC(c3ccc(-c4cc(-c5ccccn5)cc(-c5nc(-c6ccccc6)nc(-c6ccc(C#N)cc6)n5)c4)cc3)(C2)C1. The largest absolute Gasteiger partial charge is 0.256 e. The van der Waals surface area contributed by atoms with E-state index < -0.39 is 0 Å². The third kappa shape index (κ3) is 6.27. The number of nitrogens with zero attached hydrogens (tertiary/aromatic N) is 5. The smallest absolute Gasteiger partial charge is 0.164 e. The quantitative estimate of drug-likeness (QED) is 0.182. The topological polar surface area (TPSA) is 75.3 Å². The van der Waals surface area contributed by atoms with Crippen LogP contribution in [0.3, 0.4) is 0 Å². The lowest BCUT2D eigenvalue weighted by Crippen LogP contribution is -2.42. The highest BCUT2D eigenvalue weighted by Crippen LogP contribution is 2.54. The Hall–Kier alpha value is -5.47. The van der Waals surface area contributed by atoms with Crippen molar-refractivity contribution in [1.29, 1.82) is 5.26 Å². The van der Waals surface area contributed by atoms with Crippen molar-refractivity contribution in [2.24, 2.45) is 17.8 Å². The summed E-state index contributed by atoms with van der Waals surface area (Å²) in [7, 11) is 0. The van der Waals surface area contributed by atoms with Crippen molar-refractivity contribution in [2.75, 3.05) is 0 Å². The summed E-state index contributed by atoms with van der Waals surface area (Å²) in [5.74, 6) is 4.14. The first kappa shape index (κ1) is 30.8. The maximum absolute atomic E-state index is 9.37. The molecule has 2 bridgehead atoms. The molecule has 2 aromatic heterocycles. The molecule has 5 nitrogen and oxygen atoms in total. The fourth-order valence-corrected chi connectivity index (χ4v) is 8.72. The second-order valence-corrected chi connectivity index (χ2v) is 14.4. The highest BCUT2D eigenvalue weighted by Gasteiger charge is 2.45. The normalized spacial score (nSPS) is 21.5. The molecule has 240 valence electrons. The Morgan fingerprint density at radius 3 is 1.78 bits per heavy atom.